The highest BCUT2D eigenvalue weighted by atomic mass is 16.5. The van der Waals surface area contributed by atoms with Gasteiger partial charge in [-0.3, -0.25) is 4.79 Å². The molecule has 1 aliphatic heterocycles. The lowest BCUT2D eigenvalue weighted by atomic mass is 9.76. The molecular weight excluding hydrogens is 176 g/mol. The Kier molecular flexibility index (Phi) is 1.86. The summed E-state index contributed by atoms with van der Waals surface area (Å²) >= 11 is 0. The third-order valence-electron chi connectivity index (χ3n) is 4.60. The first-order chi connectivity index (χ1) is 6.78. The van der Waals surface area contributed by atoms with Crippen molar-refractivity contribution >= 4 is 5.97 Å². The Hall–Kier alpha value is -0.530. The van der Waals surface area contributed by atoms with Gasteiger partial charge in [-0.25, -0.2) is 0 Å². The van der Waals surface area contributed by atoms with E-state index in [0.29, 0.717) is 11.8 Å². The lowest BCUT2D eigenvalue weighted by molar-refractivity contribution is -0.162. The van der Waals surface area contributed by atoms with Crippen LogP contribution in [0.1, 0.15) is 51.4 Å². The largest absolute Gasteiger partial charge is 0.462 e. The smallest absolute Gasteiger partial charge is 0.306 e. The predicted molar refractivity (Wildman–Crippen MR) is 52.7 cm³/mol. The summed E-state index contributed by atoms with van der Waals surface area (Å²) in [7, 11) is 0. The molecule has 0 aromatic rings. The van der Waals surface area contributed by atoms with Crippen LogP contribution in [0.4, 0.5) is 0 Å². The van der Waals surface area contributed by atoms with E-state index >= 15 is 0 Å². The number of carbonyl (C=O) groups excluding carboxylic acids is 1. The number of hydrogen-bond donors (Lipinski definition) is 0. The van der Waals surface area contributed by atoms with Gasteiger partial charge in [-0.1, -0.05) is 0 Å². The van der Waals surface area contributed by atoms with E-state index in [2.05, 4.69) is 0 Å². The highest BCUT2D eigenvalue weighted by Crippen LogP contribution is 2.57. The normalized spacial score (nSPS) is 46.7. The minimum Gasteiger partial charge on any atom is -0.462 e. The van der Waals surface area contributed by atoms with Crippen molar-refractivity contribution in [2.75, 3.05) is 0 Å². The second kappa shape index (κ2) is 2.98. The minimum absolute atomic E-state index is 0.0472. The predicted octanol–water partition coefficient (Wildman–Crippen LogP) is 2.66. The quantitative estimate of drug-likeness (QED) is 0.600. The number of rotatable bonds is 1. The molecule has 14 heavy (non-hydrogen) atoms. The second-order valence-corrected chi connectivity index (χ2v) is 5.38. The first kappa shape index (κ1) is 8.75. The molecule has 2 heteroatoms. The Morgan fingerprint density at radius 2 is 2.00 bits per heavy atom. The molecule has 2 bridgehead atoms. The molecule has 0 spiro atoms. The van der Waals surface area contributed by atoms with E-state index in [1.54, 1.807) is 0 Å². The van der Waals surface area contributed by atoms with Crippen molar-refractivity contribution in [1.29, 1.82) is 0 Å². The standard InChI is InChI=1S/C12H18O2/c13-11-3-1-2-10(14-11)12-6-4-9(8-12)5-7-12/h9-10H,1-8H2. The first-order valence-electron chi connectivity index (χ1n) is 5.98. The van der Waals surface area contributed by atoms with Gasteiger partial charge in [-0.05, 0) is 50.9 Å². The first-order valence-corrected chi connectivity index (χ1v) is 5.98. The maximum Gasteiger partial charge on any atom is 0.306 e. The van der Waals surface area contributed by atoms with E-state index < -0.39 is 0 Å². The molecule has 3 fully saturated rings. The number of fused-ring (bicyclic) bond motifs is 2. The van der Waals surface area contributed by atoms with Crippen LogP contribution in [0.2, 0.25) is 0 Å². The summed E-state index contributed by atoms with van der Waals surface area (Å²) in [4.78, 5) is 11.3. The van der Waals surface area contributed by atoms with E-state index in [4.69, 9.17) is 4.74 Å². The van der Waals surface area contributed by atoms with E-state index in [9.17, 15) is 4.79 Å². The van der Waals surface area contributed by atoms with Crippen molar-refractivity contribution in [2.24, 2.45) is 11.3 Å². The van der Waals surface area contributed by atoms with Gasteiger partial charge in [0.1, 0.15) is 6.10 Å². The fourth-order valence-electron chi connectivity index (χ4n) is 3.83. The Bertz CT molecular complexity index is 251. The lowest BCUT2D eigenvalue weighted by Crippen LogP contribution is -2.38. The van der Waals surface area contributed by atoms with Gasteiger partial charge in [0.25, 0.3) is 0 Å². The summed E-state index contributed by atoms with van der Waals surface area (Å²) < 4.78 is 5.55. The van der Waals surface area contributed by atoms with Crippen LogP contribution in [0.3, 0.4) is 0 Å². The van der Waals surface area contributed by atoms with E-state index in [-0.39, 0.29) is 12.1 Å². The molecule has 0 N–H and O–H groups in total. The van der Waals surface area contributed by atoms with Crippen LogP contribution in [-0.4, -0.2) is 12.1 Å². The monoisotopic (exact) mass is 194 g/mol. The SMILES string of the molecule is O=C1CCCC(C23CCC(CC2)C3)O1. The van der Waals surface area contributed by atoms with Gasteiger partial charge in [-0.2, -0.15) is 0 Å². The molecule has 78 valence electrons. The lowest BCUT2D eigenvalue weighted by Gasteiger charge is -2.37. The summed E-state index contributed by atoms with van der Waals surface area (Å²) in [5, 5.41) is 0. The van der Waals surface area contributed by atoms with Crippen LogP contribution in [0, 0.1) is 11.3 Å². The molecule has 2 aliphatic carbocycles. The van der Waals surface area contributed by atoms with Crippen LogP contribution in [0.5, 0.6) is 0 Å². The Morgan fingerprint density at radius 3 is 2.57 bits per heavy atom. The molecule has 2 saturated carbocycles. The fourth-order valence-corrected chi connectivity index (χ4v) is 3.83. The molecule has 3 aliphatic rings. The summed E-state index contributed by atoms with van der Waals surface area (Å²) in [6, 6.07) is 0. The van der Waals surface area contributed by atoms with Gasteiger partial charge in [0, 0.05) is 11.8 Å². The van der Waals surface area contributed by atoms with Crippen molar-refractivity contribution in [3.8, 4) is 0 Å². The van der Waals surface area contributed by atoms with Gasteiger partial charge in [0.05, 0.1) is 0 Å². The third kappa shape index (κ3) is 1.19. The zero-order valence-corrected chi connectivity index (χ0v) is 8.63. The Balaban J connectivity index is 1.77. The Labute approximate surface area is 85.0 Å². The summed E-state index contributed by atoms with van der Waals surface area (Å²) in [6.07, 6.45) is 9.83. The van der Waals surface area contributed by atoms with Gasteiger partial charge >= 0.3 is 5.97 Å². The molecule has 1 saturated heterocycles. The molecule has 1 atom stereocenters. The van der Waals surface area contributed by atoms with Crippen LogP contribution in [0.25, 0.3) is 0 Å². The average molecular weight is 194 g/mol. The van der Waals surface area contributed by atoms with Crippen molar-refractivity contribution in [3.05, 3.63) is 0 Å². The molecule has 1 unspecified atom stereocenters. The van der Waals surface area contributed by atoms with Gasteiger partial charge in [-0.15, -0.1) is 0 Å². The van der Waals surface area contributed by atoms with Gasteiger partial charge in [0.2, 0.25) is 0 Å². The van der Waals surface area contributed by atoms with Crippen molar-refractivity contribution in [3.63, 3.8) is 0 Å². The summed E-state index contributed by atoms with van der Waals surface area (Å²) in [5.41, 5.74) is 0.417. The maximum absolute atomic E-state index is 11.3. The number of hydrogen-bond acceptors (Lipinski definition) is 2. The third-order valence-corrected chi connectivity index (χ3v) is 4.60. The highest BCUT2D eigenvalue weighted by Gasteiger charge is 2.51. The molecule has 3 rings (SSSR count). The van der Waals surface area contributed by atoms with Crippen LogP contribution in [0.15, 0.2) is 0 Å². The molecule has 2 nitrogen and oxygen atoms in total. The minimum atomic E-state index is 0.0472. The molecule has 0 aromatic carbocycles. The fraction of sp³-hybridized carbons (Fsp3) is 0.917. The van der Waals surface area contributed by atoms with Gasteiger partial charge in [0.15, 0.2) is 0 Å². The number of esters is 1. The highest BCUT2D eigenvalue weighted by molar-refractivity contribution is 5.70. The van der Waals surface area contributed by atoms with E-state index in [1.165, 1.54) is 32.1 Å². The zero-order valence-electron chi connectivity index (χ0n) is 8.63. The van der Waals surface area contributed by atoms with E-state index in [1.807, 2.05) is 0 Å². The molecular formula is C12H18O2. The van der Waals surface area contributed by atoms with Crippen LogP contribution in [-0.2, 0) is 9.53 Å². The van der Waals surface area contributed by atoms with Crippen molar-refractivity contribution in [1.82, 2.24) is 0 Å². The molecule has 0 aromatic heterocycles. The summed E-state index contributed by atoms with van der Waals surface area (Å²) in [5.74, 6) is 1.00. The summed E-state index contributed by atoms with van der Waals surface area (Å²) in [6.45, 7) is 0. The zero-order chi connectivity index (χ0) is 9.60. The van der Waals surface area contributed by atoms with Crippen LogP contribution < -0.4 is 0 Å². The molecule has 1 heterocycles. The number of carbonyl (C=O) groups is 1. The second-order valence-electron chi connectivity index (χ2n) is 5.38. The van der Waals surface area contributed by atoms with E-state index in [0.717, 1.165) is 18.8 Å². The Morgan fingerprint density at radius 1 is 1.21 bits per heavy atom. The number of ether oxygens (including phenoxy) is 1. The topological polar surface area (TPSA) is 26.3 Å². The van der Waals surface area contributed by atoms with Crippen LogP contribution >= 0.6 is 0 Å². The van der Waals surface area contributed by atoms with Gasteiger partial charge < -0.3 is 4.74 Å². The average Bonchev–Trinajstić information content (AvgIpc) is 2.78. The van der Waals surface area contributed by atoms with Crippen molar-refractivity contribution in [2.45, 2.75) is 57.5 Å². The van der Waals surface area contributed by atoms with Crippen molar-refractivity contribution < 1.29 is 9.53 Å². The maximum atomic E-state index is 11.3. The molecule has 0 amide bonds. The number of cyclic esters (lactones) is 1. The molecule has 0 radical (unpaired) electrons.